The lowest BCUT2D eigenvalue weighted by Gasteiger charge is -2.37. The van der Waals surface area contributed by atoms with Crippen LogP contribution in [0.15, 0.2) is 53.0 Å². The topological polar surface area (TPSA) is 70.7 Å². The predicted octanol–water partition coefficient (Wildman–Crippen LogP) is 3.59. The molecule has 1 saturated heterocycles. The second kappa shape index (κ2) is 8.43. The maximum atomic E-state index is 12.5. The van der Waals surface area contributed by atoms with Crippen molar-refractivity contribution in [1.82, 2.24) is 10.2 Å². The third-order valence-electron chi connectivity index (χ3n) is 4.74. The largest absolute Gasteiger partial charge is 0.497 e. The van der Waals surface area contributed by atoms with Crippen molar-refractivity contribution in [2.75, 3.05) is 26.0 Å². The Hall–Kier alpha value is -2.54. The van der Waals surface area contributed by atoms with E-state index in [0.717, 1.165) is 15.8 Å². The van der Waals surface area contributed by atoms with Gasteiger partial charge < -0.3 is 20.3 Å². The van der Waals surface area contributed by atoms with E-state index >= 15 is 0 Å². The molecule has 1 fully saturated rings. The minimum atomic E-state index is -0.321. The molecular weight excluding hydrogens is 410 g/mol. The molecule has 0 saturated carbocycles. The number of urea groups is 1. The molecule has 1 aliphatic rings. The van der Waals surface area contributed by atoms with E-state index in [1.54, 1.807) is 19.1 Å². The number of likely N-dealkylation sites (N-methyl/N-ethyl adjacent to an activating group) is 1. The molecule has 27 heavy (non-hydrogen) atoms. The lowest BCUT2D eigenvalue weighted by molar-refractivity contribution is -0.133. The smallest absolute Gasteiger partial charge is 0.319 e. The first-order chi connectivity index (χ1) is 13.0. The second-order valence-electron chi connectivity index (χ2n) is 6.57. The number of halogens is 1. The van der Waals surface area contributed by atoms with Gasteiger partial charge in [0.2, 0.25) is 5.91 Å². The number of nitrogens with zero attached hydrogens (tertiary/aromatic N) is 1. The number of ether oxygens (including phenoxy) is 1. The van der Waals surface area contributed by atoms with Crippen molar-refractivity contribution < 1.29 is 14.3 Å². The van der Waals surface area contributed by atoms with Crippen molar-refractivity contribution in [2.45, 2.75) is 18.4 Å². The molecule has 6 nitrogen and oxygen atoms in total. The van der Waals surface area contributed by atoms with E-state index in [2.05, 4.69) is 26.6 Å². The van der Waals surface area contributed by atoms with Gasteiger partial charge in [-0.05, 0) is 42.0 Å². The highest BCUT2D eigenvalue weighted by atomic mass is 79.9. The van der Waals surface area contributed by atoms with E-state index in [1.165, 1.54) is 0 Å². The van der Waals surface area contributed by atoms with Crippen LogP contribution in [0.5, 0.6) is 5.75 Å². The molecule has 0 radical (unpaired) electrons. The molecule has 3 amide bonds. The minimum Gasteiger partial charge on any atom is -0.497 e. The summed E-state index contributed by atoms with van der Waals surface area (Å²) in [7, 11) is 3.41. The molecule has 1 heterocycles. The first-order valence-electron chi connectivity index (χ1n) is 8.67. The van der Waals surface area contributed by atoms with Gasteiger partial charge in [0.15, 0.2) is 0 Å². The zero-order valence-corrected chi connectivity index (χ0v) is 16.8. The predicted molar refractivity (Wildman–Crippen MR) is 108 cm³/mol. The molecule has 0 bridgehead atoms. The number of carbonyl (C=O) groups is 2. The summed E-state index contributed by atoms with van der Waals surface area (Å²) in [4.78, 5) is 26.3. The molecule has 1 aliphatic heterocycles. The number of hydrogen-bond donors (Lipinski definition) is 2. The number of piperidine rings is 1. The molecule has 2 aromatic carbocycles. The van der Waals surface area contributed by atoms with Gasteiger partial charge in [-0.1, -0.05) is 28.1 Å². The van der Waals surface area contributed by atoms with E-state index in [1.807, 2.05) is 48.5 Å². The number of carbonyl (C=O) groups excluding carboxylic acids is 2. The van der Waals surface area contributed by atoms with Crippen LogP contribution in [0.4, 0.5) is 10.5 Å². The highest BCUT2D eigenvalue weighted by Crippen LogP contribution is 2.29. The highest BCUT2D eigenvalue weighted by molar-refractivity contribution is 9.10. The van der Waals surface area contributed by atoms with Crippen LogP contribution in [-0.4, -0.2) is 43.6 Å². The summed E-state index contributed by atoms with van der Waals surface area (Å²) in [5.41, 5.74) is 1.75. The van der Waals surface area contributed by atoms with Crippen molar-refractivity contribution >= 4 is 33.6 Å². The second-order valence-corrected chi connectivity index (χ2v) is 7.49. The van der Waals surface area contributed by atoms with Crippen molar-refractivity contribution in [1.29, 1.82) is 0 Å². The van der Waals surface area contributed by atoms with Gasteiger partial charge in [0.05, 0.1) is 7.11 Å². The SMILES string of the molecule is COc1ccc([C@H]2CN(C)C(=O)C[C@H]2NC(=O)Nc2ccc(Br)cc2)cc1. The quantitative estimate of drug-likeness (QED) is 0.776. The Morgan fingerprint density at radius 3 is 2.44 bits per heavy atom. The van der Waals surface area contributed by atoms with Crippen molar-refractivity contribution in [3.8, 4) is 5.75 Å². The normalized spacial score (nSPS) is 19.5. The third-order valence-corrected chi connectivity index (χ3v) is 5.27. The van der Waals surface area contributed by atoms with E-state index in [0.29, 0.717) is 12.2 Å². The molecule has 142 valence electrons. The van der Waals surface area contributed by atoms with Gasteiger partial charge in [-0.25, -0.2) is 4.79 Å². The number of benzene rings is 2. The van der Waals surface area contributed by atoms with Crippen molar-refractivity contribution in [3.05, 3.63) is 58.6 Å². The number of likely N-dealkylation sites (tertiary alicyclic amines) is 1. The summed E-state index contributed by atoms with van der Waals surface area (Å²) in [5, 5.41) is 5.79. The molecule has 7 heteroatoms. The Morgan fingerprint density at radius 2 is 1.81 bits per heavy atom. The number of rotatable bonds is 4. The summed E-state index contributed by atoms with van der Waals surface area (Å²) >= 11 is 3.37. The molecule has 0 aliphatic carbocycles. The third kappa shape index (κ3) is 4.80. The number of anilines is 1. The van der Waals surface area contributed by atoms with E-state index in [9.17, 15) is 9.59 Å². The summed E-state index contributed by atoms with van der Waals surface area (Å²) in [6.45, 7) is 0.550. The Labute approximate surface area is 167 Å². The van der Waals surface area contributed by atoms with Crippen molar-refractivity contribution in [3.63, 3.8) is 0 Å². The first-order valence-corrected chi connectivity index (χ1v) is 9.46. The maximum absolute atomic E-state index is 12.5. The fourth-order valence-corrected chi connectivity index (χ4v) is 3.48. The number of hydrogen-bond acceptors (Lipinski definition) is 3. The lowest BCUT2D eigenvalue weighted by atomic mass is 9.86. The van der Waals surface area contributed by atoms with Gasteiger partial charge >= 0.3 is 6.03 Å². The number of amides is 3. The Balaban J connectivity index is 1.73. The highest BCUT2D eigenvalue weighted by Gasteiger charge is 2.34. The Kier molecular flexibility index (Phi) is 6.01. The summed E-state index contributed by atoms with van der Waals surface area (Å²) in [6.07, 6.45) is 0.265. The van der Waals surface area contributed by atoms with Crippen LogP contribution in [0, 0.1) is 0 Å². The number of methoxy groups -OCH3 is 1. The minimum absolute atomic E-state index is 0.00859. The van der Waals surface area contributed by atoms with Crippen LogP contribution in [-0.2, 0) is 4.79 Å². The molecule has 2 aromatic rings. The zero-order valence-electron chi connectivity index (χ0n) is 15.2. The average Bonchev–Trinajstić information content (AvgIpc) is 2.66. The van der Waals surface area contributed by atoms with Crippen LogP contribution >= 0.6 is 15.9 Å². The maximum Gasteiger partial charge on any atom is 0.319 e. The van der Waals surface area contributed by atoms with Gasteiger partial charge in [-0.2, -0.15) is 0 Å². The summed E-state index contributed by atoms with van der Waals surface area (Å²) < 4.78 is 6.15. The summed E-state index contributed by atoms with van der Waals surface area (Å²) in [6, 6.07) is 14.5. The molecule has 0 aromatic heterocycles. The van der Waals surface area contributed by atoms with Crippen LogP contribution in [0.3, 0.4) is 0 Å². The van der Waals surface area contributed by atoms with Gasteiger partial charge in [-0.3, -0.25) is 4.79 Å². The van der Waals surface area contributed by atoms with Crippen LogP contribution in [0.2, 0.25) is 0 Å². The summed E-state index contributed by atoms with van der Waals surface area (Å²) in [5.74, 6) is 0.805. The van der Waals surface area contributed by atoms with Gasteiger partial charge in [0, 0.05) is 42.1 Å². The molecule has 0 spiro atoms. The fraction of sp³-hybridized carbons (Fsp3) is 0.300. The Morgan fingerprint density at radius 1 is 1.15 bits per heavy atom. The number of nitrogens with one attached hydrogen (secondary N) is 2. The van der Waals surface area contributed by atoms with Crippen LogP contribution < -0.4 is 15.4 Å². The zero-order chi connectivity index (χ0) is 19.4. The first kappa shape index (κ1) is 19.2. The van der Waals surface area contributed by atoms with E-state index in [4.69, 9.17) is 4.74 Å². The molecule has 2 atom stereocenters. The van der Waals surface area contributed by atoms with Gasteiger partial charge in [0.1, 0.15) is 5.75 Å². The van der Waals surface area contributed by atoms with Crippen molar-refractivity contribution in [2.24, 2.45) is 0 Å². The van der Waals surface area contributed by atoms with Crippen LogP contribution in [0.25, 0.3) is 0 Å². The van der Waals surface area contributed by atoms with Crippen LogP contribution in [0.1, 0.15) is 17.9 Å². The standard InChI is InChI=1S/C20H22BrN3O3/c1-24-12-17(13-3-9-16(27-2)10-4-13)18(11-19(24)25)23-20(26)22-15-7-5-14(21)6-8-15/h3-10,17-18H,11-12H2,1-2H3,(H2,22,23,26)/t17-,18-/m1/s1. The van der Waals surface area contributed by atoms with E-state index < -0.39 is 0 Å². The molecule has 3 rings (SSSR count). The molecular formula is C20H22BrN3O3. The van der Waals surface area contributed by atoms with Gasteiger partial charge in [-0.15, -0.1) is 0 Å². The Bertz CT molecular complexity index is 808. The average molecular weight is 432 g/mol. The molecule has 0 unspecified atom stereocenters. The molecule has 2 N–H and O–H groups in total. The monoisotopic (exact) mass is 431 g/mol. The van der Waals surface area contributed by atoms with Gasteiger partial charge in [0.25, 0.3) is 0 Å². The van der Waals surface area contributed by atoms with E-state index in [-0.39, 0.29) is 30.3 Å². The fourth-order valence-electron chi connectivity index (χ4n) is 3.22. The lowest BCUT2D eigenvalue weighted by Crippen LogP contribution is -2.51.